The highest BCUT2D eigenvalue weighted by Gasteiger charge is 2.38. The van der Waals surface area contributed by atoms with E-state index in [9.17, 15) is 8.42 Å². The summed E-state index contributed by atoms with van der Waals surface area (Å²) in [5, 5.41) is 7.67. The zero-order valence-corrected chi connectivity index (χ0v) is 21.2. The summed E-state index contributed by atoms with van der Waals surface area (Å²) < 4.78 is 47.1. The molecular formula is C21H26ClN7O5S. The van der Waals surface area contributed by atoms with Gasteiger partial charge in [-0.05, 0) is 25.8 Å². The van der Waals surface area contributed by atoms with Crippen molar-refractivity contribution in [3.05, 3.63) is 41.4 Å². The van der Waals surface area contributed by atoms with Crippen LogP contribution >= 0.6 is 11.6 Å². The molecule has 4 rings (SSSR count). The van der Waals surface area contributed by atoms with E-state index in [4.69, 9.17) is 25.8 Å². The van der Waals surface area contributed by atoms with Crippen LogP contribution in [0.3, 0.4) is 0 Å². The van der Waals surface area contributed by atoms with Gasteiger partial charge in [-0.3, -0.25) is 9.29 Å². The van der Waals surface area contributed by atoms with Crippen LogP contribution in [-0.2, 0) is 19.5 Å². The molecule has 0 aromatic carbocycles. The third kappa shape index (κ3) is 5.22. The molecule has 1 N–H and O–H groups in total. The molecule has 0 spiro atoms. The number of hydrogen-bond donors (Lipinski definition) is 1. The number of rotatable bonds is 10. The molecular weight excluding hydrogens is 498 g/mol. The molecule has 35 heavy (non-hydrogen) atoms. The van der Waals surface area contributed by atoms with Crippen molar-refractivity contribution in [2.24, 2.45) is 0 Å². The van der Waals surface area contributed by atoms with Gasteiger partial charge < -0.3 is 14.2 Å². The number of halogens is 1. The largest absolute Gasteiger partial charge is 0.481 e. The molecule has 0 radical (unpaired) electrons. The van der Waals surface area contributed by atoms with E-state index in [1.807, 2.05) is 0 Å². The topological polar surface area (TPSA) is 143 Å². The highest BCUT2D eigenvalue weighted by atomic mass is 35.5. The van der Waals surface area contributed by atoms with Crippen molar-refractivity contribution in [1.82, 2.24) is 29.7 Å². The van der Waals surface area contributed by atoms with Gasteiger partial charge in [-0.2, -0.15) is 0 Å². The molecule has 14 heteroatoms. The third-order valence-corrected chi connectivity index (χ3v) is 7.81. The van der Waals surface area contributed by atoms with Gasteiger partial charge in [-0.25, -0.2) is 23.4 Å². The van der Waals surface area contributed by atoms with Gasteiger partial charge in [-0.1, -0.05) is 17.7 Å². The van der Waals surface area contributed by atoms with Gasteiger partial charge in [0.1, 0.15) is 17.0 Å². The molecule has 0 saturated heterocycles. The molecule has 2 atom stereocenters. The maximum atomic E-state index is 13.4. The summed E-state index contributed by atoms with van der Waals surface area (Å²) in [6, 6.07) is 5.17. The number of methoxy groups -OCH3 is 3. The number of nitrogens with one attached hydrogen (secondary N) is 1. The van der Waals surface area contributed by atoms with Crippen LogP contribution < -0.4 is 9.46 Å². The minimum atomic E-state index is -4.01. The number of aromatic nitrogens is 6. The molecule has 0 aliphatic heterocycles. The number of sulfonamides is 1. The summed E-state index contributed by atoms with van der Waals surface area (Å²) in [5.74, 6) is 1.09. The van der Waals surface area contributed by atoms with Crippen LogP contribution in [0.15, 0.2) is 30.6 Å². The van der Waals surface area contributed by atoms with E-state index >= 15 is 0 Å². The standard InChI is InChI=1S/C21H26ClN7O5S/c1-12(18(34-4)19-23-10-13(22)11-24-19)35(30,31)28-21-27-26-20(16-6-5-7-17(25-16)33-3)29(21)14-8-15(9-14)32-2/h5-7,10-12,14-15,18H,8-9H2,1-4H3,(H,27,28)/t12-,14-,15+,18-/m0/s1. The van der Waals surface area contributed by atoms with Gasteiger partial charge in [-0.15, -0.1) is 10.2 Å². The third-order valence-electron chi connectivity index (χ3n) is 5.92. The van der Waals surface area contributed by atoms with Gasteiger partial charge in [0.2, 0.25) is 21.9 Å². The predicted octanol–water partition coefficient (Wildman–Crippen LogP) is 2.66. The summed E-state index contributed by atoms with van der Waals surface area (Å²) >= 11 is 5.86. The maximum absolute atomic E-state index is 13.4. The Kier molecular flexibility index (Phi) is 7.50. The first-order valence-electron chi connectivity index (χ1n) is 10.8. The Morgan fingerprint density at radius 2 is 1.86 bits per heavy atom. The number of pyridine rings is 1. The Morgan fingerprint density at radius 1 is 1.14 bits per heavy atom. The molecule has 1 aliphatic carbocycles. The monoisotopic (exact) mass is 523 g/mol. The lowest BCUT2D eigenvalue weighted by Gasteiger charge is -2.36. The van der Waals surface area contributed by atoms with Gasteiger partial charge in [0.15, 0.2) is 11.6 Å². The van der Waals surface area contributed by atoms with Gasteiger partial charge in [0, 0.05) is 38.7 Å². The summed E-state index contributed by atoms with van der Waals surface area (Å²) in [7, 11) is 0.543. The van der Waals surface area contributed by atoms with Gasteiger partial charge in [0.05, 0.1) is 18.2 Å². The SMILES string of the molecule is COc1cccc(-c2nnc(NS(=O)(=O)[C@@H](C)[C@H](OC)c3ncc(Cl)cn3)n2[C@H]2C[C@@H](OC)C2)n1. The second-order valence-electron chi connectivity index (χ2n) is 8.03. The minimum absolute atomic E-state index is 0.0665. The van der Waals surface area contributed by atoms with Crippen LogP contribution in [0.1, 0.15) is 37.7 Å². The Hall–Kier alpha value is -2.87. The highest BCUT2D eigenvalue weighted by Crippen LogP contribution is 2.39. The molecule has 3 heterocycles. The summed E-state index contributed by atoms with van der Waals surface area (Å²) in [5.41, 5.74) is 0.501. The van der Waals surface area contributed by atoms with E-state index in [0.29, 0.717) is 35.3 Å². The lowest BCUT2D eigenvalue weighted by atomic mass is 9.89. The van der Waals surface area contributed by atoms with Crippen LogP contribution in [0.4, 0.5) is 5.95 Å². The lowest BCUT2D eigenvalue weighted by Crippen LogP contribution is -2.36. The molecule has 1 fully saturated rings. The molecule has 3 aromatic rings. The zero-order chi connectivity index (χ0) is 25.2. The average Bonchev–Trinajstić information content (AvgIpc) is 3.22. The van der Waals surface area contributed by atoms with E-state index in [1.165, 1.54) is 33.5 Å². The van der Waals surface area contributed by atoms with Crippen LogP contribution in [0, 0.1) is 0 Å². The van der Waals surface area contributed by atoms with Crippen LogP contribution in [0.25, 0.3) is 11.5 Å². The van der Waals surface area contributed by atoms with Crippen molar-refractivity contribution in [1.29, 1.82) is 0 Å². The van der Waals surface area contributed by atoms with Gasteiger partial charge in [0.25, 0.3) is 0 Å². The van der Waals surface area contributed by atoms with E-state index in [0.717, 1.165) is 0 Å². The molecule has 188 valence electrons. The second kappa shape index (κ2) is 10.4. The number of nitrogens with zero attached hydrogens (tertiary/aromatic N) is 6. The van der Waals surface area contributed by atoms with Crippen molar-refractivity contribution in [3.63, 3.8) is 0 Å². The van der Waals surface area contributed by atoms with Crippen LogP contribution in [0.2, 0.25) is 5.02 Å². The average molecular weight is 524 g/mol. The smallest absolute Gasteiger partial charge is 0.240 e. The Labute approximate surface area is 208 Å². The first kappa shape index (κ1) is 25.2. The normalized spacial score (nSPS) is 19.6. The fraction of sp³-hybridized carbons (Fsp3) is 0.476. The number of anilines is 1. The molecule has 12 nitrogen and oxygen atoms in total. The van der Waals surface area contributed by atoms with Crippen LogP contribution in [-0.4, -0.2) is 70.8 Å². The van der Waals surface area contributed by atoms with E-state index in [2.05, 4.69) is 29.9 Å². The molecule has 1 saturated carbocycles. The lowest BCUT2D eigenvalue weighted by molar-refractivity contribution is 0.00718. The number of ether oxygens (including phenoxy) is 3. The summed E-state index contributed by atoms with van der Waals surface area (Å²) in [4.78, 5) is 12.7. The summed E-state index contributed by atoms with van der Waals surface area (Å²) in [6.45, 7) is 1.50. The van der Waals surface area contributed by atoms with Crippen LogP contribution in [0.5, 0.6) is 5.88 Å². The maximum Gasteiger partial charge on any atom is 0.240 e. The fourth-order valence-corrected chi connectivity index (χ4v) is 5.07. The minimum Gasteiger partial charge on any atom is -0.481 e. The Bertz CT molecular complexity index is 1270. The Morgan fingerprint density at radius 3 is 2.49 bits per heavy atom. The van der Waals surface area contributed by atoms with Gasteiger partial charge >= 0.3 is 0 Å². The quantitative estimate of drug-likeness (QED) is 0.421. The van der Waals surface area contributed by atoms with Crippen molar-refractivity contribution >= 4 is 27.6 Å². The van der Waals surface area contributed by atoms with Crippen molar-refractivity contribution in [2.45, 2.75) is 43.3 Å². The summed E-state index contributed by atoms with van der Waals surface area (Å²) in [6.07, 6.45) is 3.24. The molecule has 0 unspecified atom stereocenters. The molecule has 1 aliphatic rings. The molecule has 0 amide bonds. The second-order valence-corrected chi connectivity index (χ2v) is 10.5. The van der Waals surface area contributed by atoms with E-state index < -0.39 is 21.4 Å². The Balaban J connectivity index is 1.67. The zero-order valence-electron chi connectivity index (χ0n) is 19.6. The number of hydrogen-bond acceptors (Lipinski definition) is 10. The molecule has 3 aromatic heterocycles. The van der Waals surface area contributed by atoms with Crippen molar-refractivity contribution < 1.29 is 22.6 Å². The van der Waals surface area contributed by atoms with E-state index in [1.54, 1.807) is 29.9 Å². The fourth-order valence-electron chi connectivity index (χ4n) is 3.83. The van der Waals surface area contributed by atoms with E-state index in [-0.39, 0.29) is 23.9 Å². The first-order valence-corrected chi connectivity index (χ1v) is 12.7. The van der Waals surface area contributed by atoms with Crippen molar-refractivity contribution in [2.75, 3.05) is 26.1 Å². The highest BCUT2D eigenvalue weighted by molar-refractivity contribution is 7.93. The predicted molar refractivity (Wildman–Crippen MR) is 128 cm³/mol. The first-order chi connectivity index (χ1) is 16.8. The van der Waals surface area contributed by atoms with Crippen molar-refractivity contribution in [3.8, 4) is 17.4 Å². The molecule has 0 bridgehead atoms.